The fourth-order valence-corrected chi connectivity index (χ4v) is 2.01. The number of hydrogen-bond acceptors (Lipinski definition) is 4. The summed E-state index contributed by atoms with van der Waals surface area (Å²) in [5, 5.41) is 13.8. The first-order chi connectivity index (χ1) is 8.77. The van der Waals surface area contributed by atoms with Gasteiger partial charge in [0.1, 0.15) is 0 Å². The maximum atomic E-state index is 12.0. The van der Waals surface area contributed by atoms with E-state index in [2.05, 4.69) is 10.3 Å². The Bertz CT molecular complexity index is 586. The molecular weight excluding hydrogens is 230 g/mol. The molecule has 0 saturated heterocycles. The molecule has 0 bridgehead atoms. The van der Waals surface area contributed by atoms with Crippen molar-refractivity contribution in [3.8, 4) is 0 Å². The van der Waals surface area contributed by atoms with Crippen LogP contribution in [0.4, 0.5) is 5.69 Å². The minimum Gasteiger partial charge on any atom is -0.359 e. The summed E-state index contributed by atoms with van der Waals surface area (Å²) < 4.78 is 0. The van der Waals surface area contributed by atoms with Gasteiger partial charge in [-0.2, -0.15) is 5.06 Å². The smallest absolute Gasteiger partial charge is 0.281 e. The molecule has 1 aliphatic heterocycles. The van der Waals surface area contributed by atoms with E-state index in [4.69, 9.17) is 0 Å². The first-order valence-corrected chi connectivity index (χ1v) is 5.55. The normalized spacial score (nSPS) is 18.2. The number of nitrogens with one attached hydrogen (secondary N) is 1. The number of carbonyl (C=O) groups excluding carboxylic acids is 1. The number of hydrogen-bond donors (Lipinski definition) is 2. The number of aromatic nitrogens is 1. The molecule has 2 N–H and O–H groups in total. The van der Waals surface area contributed by atoms with Crippen molar-refractivity contribution in [3.05, 3.63) is 59.9 Å². The zero-order chi connectivity index (χ0) is 12.5. The summed E-state index contributed by atoms with van der Waals surface area (Å²) >= 11 is 0. The molecule has 1 amide bonds. The predicted molar refractivity (Wildman–Crippen MR) is 65.0 cm³/mol. The lowest BCUT2D eigenvalue weighted by molar-refractivity contribution is -0.0851. The van der Waals surface area contributed by atoms with Crippen molar-refractivity contribution in [2.75, 3.05) is 5.32 Å². The molecule has 1 aliphatic rings. The molecule has 1 aromatic heterocycles. The zero-order valence-electron chi connectivity index (χ0n) is 9.45. The highest BCUT2D eigenvalue weighted by Crippen LogP contribution is 2.31. The van der Waals surface area contributed by atoms with Crippen LogP contribution < -0.4 is 5.32 Å². The van der Waals surface area contributed by atoms with Gasteiger partial charge in [-0.1, -0.05) is 12.1 Å². The molecular formula is C13H11N3O2. The minimum absolute atomic E-state index is 0.411. The lowest BCUT2D eigenvalue weighted by Gasteiger charge is -2.33. The van der Waals surface area contributed by atoms with E-state index in [1.165, 1.54) is 0 Å². The molecule has 0 saturated carbocycles. The molecule has 1 atom stereocenters. The molecule has 0 spiro atoms. The van der Waals surface area contributed by atoms with Gasteiger partial charge in [0.15, 0.2) is 6.17 Å². The van der Waals surface area contributed by atoms with Crippen LogP contribution in [-0.4, -0.2) is 21.2 Å². The van der Waals surface area contributed by atoms with Crippen LogP contribution in [0.1, 0.15) is 22.1 Å². The molecule has 90 valence electrons. The average Bonchev–Trinajstić information content (AvgIpc) is 2.44. The van der Waals surface area contributed by atoms with Crippen molar-refractivity contribution in [2.24, 2.45) is 0 Å². The molecule has 0 aliphatic carbocycles. The van der Waals surface area contributed by atoms with Crippen molar-refractivity contribution in [2.45, 2.75) is 6.17 Å². The van der Waals surface area contributed by atoms with Gasteiger partial charge in [0, 0.05) is 18.1 Å². The Kier molecular flexibility index (Phi) is 2.46. The van der Waals surface area contributed by atoms with Gasteiger partial charge >= 0.3 is 0 Å². The highest BCUT2D eigenvalue weighted by molar-refractivity contribution is 6.00. The Labute approximate surface area is 104 Å². The number of nitrogens with zero attached hydrogens (tertiary/aromatic N) is 2. The van der Waals surface area contributed by atoms with Crippen LogP contribution in [0.3, 0.4) is 0 Å². The van der Waals surface area contributed by atoms with Crippen molar-refractivity contribution < 1.29 is 10.0 Å². The molecule has 5 nitrogen and oxygen atoms in total. The van der Waals surface area contributed by atoms with Crippen molar-refractivity contribution >= 4 is 11.6 Å². The number of anilines is 1. The first kappa shape index (κ1) is 10.7. The summed E-state index contributed by atoms with van der Waals surface area (Å²) in [5.74, 6) is -0.411. The molecule has 1 aromatic carbocycles. The highest BCUT2D eigenvalue weighted by atomic mass is 16.5. The van der Waals surface area contributed by atoms with Gasteiger partial charge in [0.05, 0.1) is 5.56 Å². The fourth-order valence-electron chi connectivity index (χ4n) is 2.01. The Morgan fingerprint density at radius 1 is 1.17 bits per heavy atom. The molecule has 0 unspecified atom stereocenters. The van der Waals surface area contributed by atoms with E-state index in [0.29, 0.717) is 10.6 Å². The van der Waals surface area contributed by atoms with Gasteiger partial charge in [-0.05, 0) is 29.8 Å². The lowest BCUT2D eigenvalue weighted by atomic mass is 10.1. The van der Waals surface area contributed by atoms with E-state index in [1.807, 2.05) is 12.1 Å². The van der Waals surface area contributed by atoms with Gasteiger partial charge in [-0.25, -0.2) is 0 Å². The molecule has 2 aromatic rings. The van der Waals surface area contributed by atoms with Crippen LogP contribution in [0, 0.1) is 0 Å². The fraction of sp³-hybridized carbons (Fsp3) is 0.0769. The number of rotatable bonds is 1. The number of fused-ring (bicyclic) bond motifs is 1. The highest BCUT2D eigenvalue weighted by Gasteiger charge is 2.31. The molecule has 0 radical (unpaired) electrons. The van der Waals surface area contributed by atoms with Gasteiger partial charge in [0.25, 0.3) is 5.91 Å². The number of hydroxylamine groups is 2. The number of para-hydroxylation sites is 1. The van der Waals surface area contributed by atoms with E-state index in [1.54, 1.807) is 36.7 Å². The third-order valence-corrected chi connectivity index (χ3v) is 2.92. The second-order valence-electron chi connectivity index (χ2n) is 4.02. The molecule has 2 heterocycles. The second kappa shape index (κ2) is 4.12. The average molecular weight is 241 g/mol. The van der Waals surface area contributed by atoms with E-state index < -0.39 is 12.1 Å². The summed E-state index contributed by atoms with van der Waals surface area (Å²) in [4.78, 5) is 15.9. The van der Waals surface area contributed by atoms with E-state index in [-0.39, 0.29) is 0 Å². The molecule has 3 rings (SSSR count). The van der Waals surface area contributed by atoms with Crippen LogP contribution in [0.2, 0.25) is 0 Å². The van der Waals surface area contributed by atoms with Gasteiger partial charge in [0.2, 0.25) is 0 Å². The van der Waals surface area contributed by atoms with Crippen LogP contribution in [-0.2, 0) is 0 Å². The number of pyridine rings is 1. The maximum Gasteiger partial charge on any atom is 0.281 e. The number of amides is 1. The van der Waals surface area contributed by atoms with Gasteiger partial charge in [-0.15, -0.1) is 0 Å². The van der Waals surface area contributed by atoms with Crippen LogP contribution >= 0.6 is 0 Å². The van der Waals surface area contributed by atoms with Gasteiger partial charge < -0.3 is 5.32 Å². The SMILES string of the molecule is O=C1c2ccccc2N[C@H](c2ccncc2)N1O. The van der Waals surface area contributed by atoms with Crippen LogP contribution in [0.15, 0.2) is 48.8 Å². The maximum absolute atomic E-state index is 12.0. The van der Waals surface area contributed by atoms with E-state index >= 15 is 0 Å². The summed E-state index contributed by atoms with van der Waals surface area (Å²) in [6, 6.07) is 10.6. The predicted octanol–water partition coefficient (Wildman–Crippen LogP) is 2.04. The second-order valence-corrected chi connectivity index (χ2v) is 4.02. The van der Waals surface area contributed by atoms with Crippen molar-refractivity contribution in [1.29, 1.82) is 0 Å². The standard InChI is InChI=1S/C13H11N3O2/c17-13-10-3-1-2-4-11(10)15-12(16(13)18)9-5-7-14-8-6-9/h1-8,12,15,18H/t12-/m0/s1. The molecule has 0 fully saturated rings. The molecule has 18 heavy (non-hydrogen) atoms. The number of benzene rings is 1. The zero-order valence-corrected chi connectivity index (χ0v) is 9.45. The van der Waals surface area contributed by atoms with Crippen LogP contribution in [0.25, 0.3) is 0 Å². The van der Waals surface area contributed by atoms with Crippen molar-refractivity contribution in [3.63, 3.8) is 0 Å². The topological polar surface area (TPSA) is 65.5 Å². The monoisotopic (exact) mass is 241 g/mol. The third-order valence-electron chi connectivity index (χ3n) is 2.92. The summed E-state index contributed by atoms with van der Waals surface area (Å²) in [6.45, 7) is 0. The van der Waals surface area contributed by atoms with E-state index in [0.717, 1.165) is 11.3 Å². The van der Waals surface area contributed by atoms with Crippen molar-refractivity contribution in [1.82, 2.24) is 10.0 Å². The Morgan fingerprint density at radius 2 is 1.89 bits per heavy atom. The lowest BCUT2D eigenvalue weighted by Crippen LogP contribution is -2.40. The third kappa shape index (κ3) is 1.61. The minimum atomic E-state index is -0.588. The largest absolute Gasteiger partial charge is 0.359 e. The number of carbonyl (C=O) groups is 1. The van der Waals surface area contributed by atoms with Crippen LogP contribution in [0.5, 0.6) is 0 Å². The quantitative estimate of drug-likeness (QED) is 0.750. The summed E-state index contributed by atoms with van der Waals surface area (Å²) in [7, 11) is 0. The Morgan fingerprint density at radius 3 is 2.67 bits per heavy atom. The summed E-state index contributed by atoms with van der Waals surface area (Å²) in [6.07, 6.45) is 2.65. The van der Waals surface area contributed by atoms with Gasteiger partial charge in [-0.3, -0.25) is 15.0 Å². The Hall–Kier alpha value is -2.40. The summed E-state index contributed by atoms with van der Waals surface area (Å²) in [5.41, 5.74) is 1.95. The Balaban J connectivity index is 2.04. The first-order valence-electron chi connectivity index (χ1n) is 5.55. The van der Waals surface area contributed by atoms with E-state index in [9.17, 15) is 10.0 Å². The molecule has 5 heteroatoms.